The Labute approximate surface area is 127 Å². The van der Waals surface area contributed by atoms with E-state index in [0.29, 0.717) is 17.3 Å². The molecule has 1 aromatic heterocycles. The Bertz CT molecular complexity index is 634. The average molecular weight is 302 g/mol. The average Bonchev–Trinajstić information content (AvgIpc) is 3.17. The molecule has 1 saturated heterocycles. The molecule has 1 atom stereocenters. The largest absolute Gasteiger partial charge is 0.397 e. The minimum atomic E-state index is -0.125. The molecule has 0 bridgehead atoms. The van der Waals surface area contributed by atoms with Crippen molar-refractivity contribution in [1.82, 2.24) is 15.1 Å². The second kappa shape index (κ2) is 6.22. The molecule has 0 spiro atoms. The smallest absolute Gasteiger partial charge is 0.271 e. The summed E-state index contributed by atoms with van der Waals surface area (Å²) in [6, 6.07) is 9.17. The molecule has 2 aromatic rings. The highest BCUT2D eigenvalue weighted by molar-refractivity contribution is 7.99. The number of rotatable bonds is 4. The van der Waals surface area contributed by atoms with Gasteiger partial charge < -0.3 is 11.1 Å². The van der Waals surface area contributed by atoms with Crippen LogP contribution in [0.4, 0.5) is 5.69 Å². The molecule has 110 valence electrons. The molecule has 1 aliphatic heterocycles. The fraction of sp³-hybridized carbons (Fsp3) is 0.333. The molecule has 6 heteroatoms. The van der Waals surface area contributed by atoms with Gasteiger partial charge in [-0.2, -0.15) is 16.9 Å². The fourth-order valence-electron chi connectivity index (χ4n) is 2.35. The number of para-hydroxylation sites is 2. The quantitative estimate of drug-likeness (QED) is 0.847. The van der Waals surface area contributed by atoms with Crippen LogP contribution >= 0.6 is 11.8 Å². The Hall–Kier alpha value is -1.95. The number of nitrogens with two attached hydrogens (primary N) is 1. The molecule has 21 heavy (non-hydrogen) atoms. The zero-order valence-electron chi connectivity index (χ0n) is 11.7. The van der Waals surface area contributed by atoms with Crippen molar-refractivity contribution < 1.29 is 4.79 Å². The SMILES string of the molecule is Nc1ccccc1-n1ccc(C(=O)NCC2CCSC2)n1. The number of hydrogen-bond acceptors (Lipinski definition) is 4. The van der Waals surface area contributed by atoms with Crippen LogP contribution < -0.4 is 11.1 Å². The van der Waals surface area contributed by atoms with Crippen LogP contribution in [0, 0.1) is 5.92 Å². The monoisotopic (exact) mass is 302 g/mol. The summed E-state index contributed by atoms with van der Waals surface area (Å²) in [5, 5.41) is 7.27. The van der Waals surface area contributed by atoms with Crippen LogP contribution in [0.2, 0.25) is 0 Å². The van der Waals surface area contributed by atoms with Gasteiger partial charge in [0.05, 0.1) is 11.4 Å². The third-order valence-electron chi connectivity index (χ3n) is 3.58. The van der Waals surface area contributed by atoms with Crippen molar-refractivity contribution in [1.29, 1.82) is 0 Å². The summed E-state index contributed by atoms with van der Waals surface area (Å²) >= 11 is 1.95. The van der Waals surface area contributed by atoms with Gasteiger partial charge >= 0.3 is 0 Å². The molecular weight excluding hydrogens is 284 g/mol. The maximum atomic E-state index is 12.1. The molecule has 2 heterocycles. The fourth-order valence-corrected chi connectivity index (χ4v) is 3.63. The van der Waals surface area contributed by atoms with Crippen LogP contribution in [0.15, 0.2) is 36.5 Å². The number of nitrogens with zero attached hydrogens (tertiary/aromatic N) is 2. The van der Waals surface area contributed by atoms with Gasteiger partial charge in [0.15, 0.2) is 5.69 Å². The molecule has 0 aliphatic carbocycles. The van der Waals surface area contributed by atoms with Gasteiger partial charge in [-0.1, -0.05) is 12.1 Å². The number of nitrogens with one attached hydrogen (secondary N) is 1. The molecule has 1 aliphatic rings. The highest BCUT2D eigenvalue weighted by Gasteiger charge is 2.17. The Kier molecular flexibility index (Phi) is 4.15. The summed E-state index contributed by atoms with van der Waals surface area (Å²) < 4.78 is 1.63. The second-order valence-corrected chi connectivity index (χ2v) is 6.29. The van der Waals surface area contributed by atoms with E-state index in [0.717, 1.165) is 18.0 Å². The van der Waals surface area contributed by atoms with E-state index in [1.165, 1.54) is 12.2 Å². The van der Waals surface area contributed by atoms with E-state index in [4.69, 9.17) is 5.73 Å². The molecular formula is C15H18N4OS. The van der Waals surface area contributed by atoms with Crippen molar-refractivity contribution in [3.8, 4) is 5.69 Å². The number of aromatic nitrogens is 2. The summed E-state index contributed by atoms with van der Waals surface area (Å²) in [7, 11) is 0. The van der Waals surface area contributed by atoms with Crippen LogP contribution in [-0.4, -0.2) is 33.7 Å². The highest BCUT2D eigenvalue weighted by atomic mass is 32.2. The lowest BCUT2D eigenvalue weighted by Crippen LogP contribution is -2.29. The number of nitrogen functional groups attached to an aromatic ring is 1. The molecule has 5 nitrogen and oxygen atoms in total. The molecule has 3 N–H and O–H groups in total. The van der Waals surface area contributed by atoms with Crippen molar-refractivity contribution in [3.05, 3.63) is 42.2 Å². The topological polar surface area (TPSA) is 72.9 Å². The van der Waals surface area contributed by atoms with E-state index in [1.807, 2.05) is 36.0 Å². The van der Waals surface area contributed by atoms with E-state index in [1.54, 1.807) is 16.9 Å². The first-order valence-electron chi connectivity index (χ1n) is 7.00. The molecule has 3 rings (SSSR count). The molecule has 1 aromatic carbocycles. The van der Waals surface area contributed by atoms with E-state index >= 15 is 0 Å². The Morgan fingerprint density at radius 1 is 1.43 bits per heavy atom. The van der Waals surface area contributed by atoms with Crippen LogP contribution in [0.3, 0.4) is 0 Å². The summed E-state index contributed by atoms with van der Waals surface area (Å²) in [4.78, 5) is 12.1. The number of hydrogen-bond donors (Lipinski definition) is 2. The first kappa shape index (κ1) is 14.0. The minimum absolute atomic E-state index is 0.125. The van der Waals surface area contributed by atoms with E-state index in [2.05, 4.69) is 10.4 Å². The van der Waals surface area contributed by atoms with Crippen LogP contribution in [0.1, 0.15) is 16.9 Å². The van der Waals surface area contributed by atoms with Crippen molar-refractivity contribution in [3.63, 3.8) is 0 Å². The predicted molar refractivity (Wildman–Crippen MR) is 85.7 cm³/mol. The highest BCUT2D eigenvalue weighted by Crippen LogP contribution is 2.22. The Morgan fingerprint density at radius 3 is 3.05 bits per heavy atom. The van der Waals surface area contributed by atoms with Crippen molar-refractivity contribution >= 4 is 23.4 Å². The van der Waals surface area contributed by atoms with E-state index in [-0.39, 0.29) is 5.91 Å². The van der Waals surface area contributed by atoms with Gasteiger partial charge in [-0.3, -0.25) is 4.79 Å². The Morgan fingerprint density at radius 2 is 2.29 bits per heavy atom. The molecule has 1 fully saturated rings. The lowest BCUT2D eigenvalue weighted by atomic mass is 10.1. The number of anilines is 1. The predicted octanol–water partition coefficient (Wildman–Crippen LogP) is 1.94. The number of amides is 1. The maximum Gasteiger partial charge on any atom is 0.271 e. The lowest BCUT2D eigenvalue weighted by molar-refractivity contribution is 0.0943. The molecule has 1 amide bonds. The summed E-state index contributed by atoms with van der Waals surface area (Å²) in [6.45, 7) is 0.728. The summed E-state index contributed by atoms with van der Waals surface area (Å²) in [5.41, 5.74) is 7.75. The summed E-state index contributed by atoms with van der Waals surface area (Å²) in [6.07, 6.45) is 2.94. The van der Waals surface area contributed by atoms with E-state index in [9.17, 15) is 4.79 Å². The first-order valence-corrected chi connectivity index (χ1v) is 8.16. The standard InChI is InChI=1S/C15H18N4OS/c16-12-3-1-2-4-14(12)19-7-5-13(18-19)15(20)17-9-11-6-8-21-10-11/h1-5,7,11H,6,8-10,16H2,(H,17,20). The summed E-state index contributed by atoms with van der Waals surface area (Å²) in [5.74, 6) is 2.79. The third-order valence-corrected chi connectivity index (χ3v) is 4.81. The van der Waals surface area contributed by atoms with Crippen molar-refractivity contribution in [2.24, 2.45) is 5.92 Å². The molecule has 0 saturated carbocycles. The van der Waals surface area contributed by atoms with Crippen molar-refractivity contribution in [2.75, 3.05) is 23.8 Å². The second-order valence-electron chi connectivity index (χ2n) is 5.14. The van der Waals surface area contributed by atoms with Crippen LogP contribution in [0.25, 0.3) is 5.69 Å². The lowest BCUT2D eigenvalue weighted by Gasteiger charge is -2.08. The molecule has 0 radical (unpaired) electrons. The van der Waals surface area contributed by atoms with Gasteiger partial charge in [-0.05, 0) is 42.0 Å². The van der Waals surface area contributed by atoms with Crippen LogP contribution in [-0.2, 0) is 0 Å². The van der Waals surface area contributed by atoms with Gasteiger partial charge in [-0.15, -0.1) is 0 Å². The number of thioether (sulfide) groups is 1. The van der Waals surface area contributed by atoms with Gasteiger partial charge in [0.2, 0.25) is 0 Å². The first-order chi connectivity index (χ1) is 10.2. The van der Waals surface area contributed by atoms with Gasteiger partial charge in [0, 0.05) is 12.7 Å². The zero-order valence-corrected chi connectivity index (χ0v) is 12.5. The zero-order chi connectivity index (χ0) is 14.7. The normalized spacial score (nSPS) is 17.8. The number of carbonyl (C=O) groups is 1. The third kappa shape index (κ3) is 3.21. The maximum absolute atomic E-state index is 12.1. The number of carbonyl (C=O) groups excluding carboxylic acids is 1. The van der Waals surface area contributed by atoms with Gasteiger partial charge in [0.25, 0.3) is 5.91 Å². The minimum Gasteiger partial charge on any atom is -0.397 e. The van der Waals surface area contributed by atoms with Crippen molar-refractivity contribution in [2.45, 2.75) is 6.42 Å². The van der Waals surface area contributed by atoms with Crippen LogP contribution in [0.5, 0.6) is 0 Å². The van der Waals surface area contributed by atoms with Gasteiger partial charge in [-0.25, -0.2) is 4.68 Å². The van der Waals surface area contributed by atoms with Gasteiger partial charge in [0.1, 0.15) is 0 Å². The Balaban J connectivity index is 1.66. The number of benzene rings is 1. The van der Waals surface area contributed by atoms with E-state index < -0.39 is 0 Å². The molecule has 1 unspecified atom stereocenters.